The molecule has 2 aliphatic heterocycles. The zero-order chi connectivity index (χ0) is 11.3. The molecule has 2 saturated heterocycles. The number of ketones is 1. The minimum absolute atomic E-state index is 0.0192. The van der Waals surface area contributed by atoms with Crippen LogP contribution in [0, 0.1) is 17.8 Å². The van der Waals surface area contributed by atoms with E-state index in [1.807, 2.05) is 11.8 Å². The molecule has 4 aliphatic rings. The molecule has 5 atom stereocenters. The lowest BCUT2D eigenvalue weighted by atomic mass is 9.64. The fourth-order valence-corrected chi connectivity index (χ4v) is 5.77. The molecular weight excluding hydrogens is 224 g/mol. The second-order valence-corrected chi connectivity index (χ2v) is 6.54. The maximum absolute atomic E-state index is 12.0. The lowest BCUT2D eigenvalue weighted by molar-refractivity contribution is -0.152. The zero-order valence-electron chi connectivity index (χ0n) is 9.35. The molecule has 0 aromatic carbocycles. The SMILES string of the molecule is COC(=O)[C@H]1[C@@H]2CCCC3S[C@H]1CC(=O)[C@@H]32. The predicted molar refractivity (Wildman–Crippen MR) is 61.1 cm³/mol. The first-order valence-corrected chi connectivity index (χ1v) is 6.92. The van der Waals surface area contributed by atoms with E-state index in [2.05, 4.69) is 0 Å². The lowest BCUT2D eigenvalue weighted by Crippen LogP contribution is -2.56. The fraction of sp³-hybridized carbons (Fsp3) is 0.833. The molecule has 2 saturated carbocycles. The first-order valence-electron chi connectivity index (χ1n) is 5.98. The van der Waals surface area contributed by atoms with Crippen molar-refractivity contribution in [3.8, 4) is 0 Å². The highest BCUT2D eigenvalue weighted by molar-refractivity contribution is 8.00. The smallest absolute Gasteiger partial charge is 0.310 e. The molecule has 0 aromatic rings. The Balaban J connectivity index is 1.93. The molecule has 4 fully saturated rings. The number of hydrogen-bond acceptors (Lipinski definition) is 4. The molecule has 1 unspecified atom stereocenters. The second kappa shape index (κ2) is 3.76. The van der Waals surface area contributed by atoms with Crippen LogP contribution in [0.4, 0.5) is 0 Å². The quantitative estimate of drug-likeness (QED) is 0.654. The molecule has 2 heterocycles. The van der Waals surface area contributed by atoms with E-state index in [9.17, 15) is 9.59 Å². The van der Waals surface area contributed by atoms with Gasteiger partial charge in [-0.05, 0) is 18.8 Å². The van der Waals surface area contributed by atoms with Crippen LogP contribution in [0.25, 0.3) is 0 Å². The van der Waals surface area contributed by atoms with Gasteiger partial charge in [-0.3, -0.25) is 9.59 Å². The van der Waals surface area contributed by atoms with Crippen LogP contribution in [0.15, 0.2) is 0 Å². The molecule has 3 nitrogen and oxygen atoms in total. The average Bonchev–Trinajstić information content (AvgIpc) is 2.28. The molecule has 0 N–H and O–H groups in total. The Kier molecular flexibility index (Phi) is 2.50. The number of methoxy groups -OCH3 is 1. The van der Waals surface area contributed by atoms with E-state index in [0.717, 1.165) is 19.3 Å². The Hall–Kier alpha value is -0.510. The third-order valence-corrected chi connectivity index (χ3v) is 6.03. The highest BCUT2D eigenvalue weighted by Gasteiger charge is 2.57. The minimum Gasteiger partial charge on any atom is -0.469 e. The Morgan fingerprint density at radius 1 is 1.38 bits per heavy atom. The van der Waals surface area contributed by atoms with Crippen LogP contribution in [0.3, 0.4) is 0 Å². The van der Waals surface area contributed by atoms with Crippen LogP contribution >= 0.6 is 11.8 Å². The van der Waals surface area contributed by atoms with Gasteiger partial charge in [-0.25, -0.2) is 0 Å². The Morgan fingerprint density at radius 2 is 2.19 bits per heavy atom. The van der Waals surface area contributed by atoms with Crippen molar-refractivity contribution in [2.75, 3.05) is 7.11 Å². The third kappa shape index (κ3) is 1.35. The largest absolute Gasteiger partial charge is 0.469 e. The maximum atomic E-state index is 12.0. The number of ether oxygens (including phenoxy) is 1. The number of hydrogen-bond donors (Lipinski definition) is 0. The summed E-state index contributed by atoms with van der Waals surface area (Å²) in [6.07, 6.45) is 3.93. The third-order valence-electron chi connectivity index (χ3n) is 4.35. The molecule has 2 aliphatic carbocycles. The zero-order valence-corrected chi connectivity index (χ0v) is 10.2. The second-order valence-electron chi connectivity index (χ2n) is 5.05. The summed E-state index contributed by atoms with van der Waals surface area (Å²) in [5, 5.41) is 0.686. The van der Waals surface area contributed by atoms with E-state index in [0.29, 0.717) is 17.5 Å². The van der Waals surface area contributed by atoms with Gasteiger partial charge < -0.3 is 4.74 Å². The molecule has 0 radical (unpaired) electrons. The van der Waals surface area contributed by atoms with Gasteiger partial charge in [0.15, 0.2) is 0 Å². The van der Waals surface area contributed by atoms with Crippen LogP contribution in [-0.2, 0) is 14.3 Å². The minimum atomic E-state index is -0.0969. The lowest BCUT2D eigenvalue weighted by Gasteiger charge is -2.52. The van der Waals surface area contributed by atoms with E-state index in [-0.39, 0.29) is 29.0 Å². The van der Waals surface area contributed by atoms with Crippen LogP contribution in [0.5, 0.6) is 0 Å². The molecule has 4 rings (SSSR count). The van der Waals surface area contributed by atoms with E-state index in [1.54, 1.807) is 0 Å². The number of Topliss-reactive ketones (excluding diaryl/α,β-unsaturated/α-hetero) is 1. The van der Waals surface area contributed by atoms with Crippen LogP contribution in [0.2, 0.25) is 0 Å². The summed E-state index contributed by atoms with van der Waals surface area (Å²) >= 11 is 1.87. The molecule has 4 bridgehead atoms. The van der Waals surface area contributed by atoms with E-state index in [4.69, 9.17) is 4.74 Å². The molecular formula is C12H16O3S. The molecule has 0 spiro atoms. The molecule has 0 aromatic heterocycles. The van der Waals surface area contributed by atoms with Crippen molar-refractivity contribution in [2.24, 2.45) is 17.8 Å². The van der Waals surface area contributed by atoms with Crippen molar-refractivity contribution >= 4 is 23.5 Å². The van der Waals surface area contributed by atoms with Gasteiger partial charge in [0.1, 0.15) is 5.78 Å². The number of fused-ring (bicyclic) bond motifs is 1. The fourth-order valence-electron chi connectivity index (χ4n) is 3.75. The van der Waals surface area contributed by atoms with Gasteiger partial charge in [0.05, 0.1) is 13.0 Å². The van der Waals surface area contributed by atoms with Crippen molar-refractivity contribution < 1.29 is 14.3 Å². The predicted octanol–water partition coefficient (Wildman–Crippen LogP) is 1.65. The van der Waals surface area contributed by atoms with Crippen molar-refractivity contribution in [3.05, 3.63) is 0 Å². The van der Waals surface area contributed by atoms with Crippen LogP contribution in [-0.4, -0.2) is 29.4 Å². The number of rotatable bonds is 1. The molecule has 0 amide bonds. The van der Waals surface area contributed by atoms with E-state index < -0.39 is 0 Å². The summed E-state index contributed by atoms with van der Waals surface area (Å²) in [5.74, 6) is 0.708. The normalized spacial score (nSPS) is 45.6. The molecule has 4 heteroatoms. The number of carbonyl (C=O) groups is 2. The van der Waals surface area contributed by atoms with Crippen LogP contribution < -0.4 is 0 Å². The summed E-state index contributed by atoms with van der Waals surface area (Å²) in [6, 6.07) is 0. The van der Waals surface area contributed by atoms with Gasteiger partial charge in [0, 0.05) is 22.8 Å². The summed E-state index contributed by atoms with van der Waals surface area (Å²) in [7, 11) is 1.46. The van der Waals surface area contributed by atoms with Gasteiger partial charge in [0.25, 0.3) is 0 Å². The standard InChI is InChI=1S/C12H16O3S/c1-15-12(14)11-6-3-2-4-8-10(6)7(13)5-9(11)16-8/h6,8-11H,2-5H2,1H3/t6-,8?,9+,10+,11+/m1/s1. The highest BCUT2D eigenvalue weighted by atomic mass is 32.2. The van der Waals surface area contributed by atoms with Crippen molar-refractivity contribution in [3.63, 3.8) is 0 Å². The molecule has 16 heavy (non-hydrogen) atoms. The van der Waals surface area contributed by atoms with Crippen molar-refractivity contribution in [1.29, 1.82) is 0 Å². The number of thioether (sulfide) groups is 1. The number of esters is 1. The maximum Gasteiger partial charge on any atom is 0.310 e. The Labute approximate surface area is 99.3 Å². The highest BCUT2D eigenvalue weighted by Crippen LogP contribution is 2.56. The average molecular weight is 240 g/mol. The van der Waals surface area contributed by atoms with Crippen LogP contribution in [0.1, 0.15) is 25.7 Å². The van der Waals surface area contributed by atoms with Gasteiger partial charge >= 0.3 is 5.97 Å². The van der Waals surface area contributed by atoms with E-state index in [1.165, 1.54) is 7.11 Å². The van der Waals surface area contributed by atoms with Crippen molar-refractivity contribution in [2.45, 2.75) is 36.2 Å². The summed E-state index contributed by atoms with van der Waals surface area (Å²) in [4.78, 5) is 23.8. The number of carbonyl (C=O) groups excluding carboxylic acids is 2. The molecule has 88 valence electrons. The van der Waals surface area contributed by atoms with Crippen molar-refractivity contribution in [1.82, 2.24) is 0 Å². The first-order chi connectivity index (χ1) is 7.72. The monoisotopic (exact) mass is 240 g/mol. The summed E-state index contributed by atoms with van der Waals surface area (Å²) in [5.41, 5.74) is 0. The first kappa shape index (κ1) is 10.6. The van der Waals surface area contributed by atoms with E-state index >= 15 is 0 Å². The van der Waals surface area contributed by atoms with Gasteiger partial charge in [-0.15, -0.1) is 0 Å². The summed E-state index contributed by atoms with van der Waals surface area (Å²) < 4.78 is 4.91. The Bertz CT molecular complexity index is 341. The summed E-state index contributed by atoms with van der Waals surface area (Å²) in [6.45, 7) is 0. The topological polar surface area (TPSA) is 43.4 Å². The van der Waals surface area contributed by atoms with Gasteiger partial charge in [-0.2, -0.15) is 11.8 Å². The van der Waals surface area contributed by atoms with Gasteiger partial charge in [0.2, 0.25) is 0 Å². The Morgan fingerprint density at radius 3 is 2.94 bits per heavy atom. The van der Waals surface area contributed by atoms with Gasteiger partial charge in [-0.1, -0.05) is 6.42 Å².